The van der Waals surface area contributed by atoms with Gasteiger partial charge in [-0.2, -0.15) is 0 Å². The average Bonchev–Trinajstić information content (AvgIpc) is 2.78. The predicted octanol–water partition coefficient (Wildman–Crippen LogP) is 1.73. The molecule has 0 aromatic heterocycles. The Bertz CT molecular complexity index is 246. The summed E-state index contributed by atoms with van der Waals surface area (Å²) in [4.78, 5) is 16.6. The molecular formula is C13H24N2O. The lowest BCUT2D eigenvalue weighted by molar-refractivity contribution is -0.135. The minimum absolute atomic E-state index is 0.342. The van der Waals surface area contributed by atoms with Crippen LogP contribution < -0.4 is 0 Å². The quantitative estimate of drug-likeness (QED) is 0.713. The zero-order valence-electron chi connectivity index (χ0n) is 10.6. The first-order chi connectivity index (χ1) is 7.68. The maximum Gasteiger partial charge on any atom is 0.225 e. The van der Waals surface area contributed by atoms with Gasteiger partial charge in [0, 0.05) is 25.0 Å². The maximum absolute atomic E-state index is 12.3. The molecule has 0 spiro atoms. The van der Waals surface area contributed by atoms with Crippen molar-refractivity contribution in [2.75, 3.05) is 27.2 Å². The minimum Gasteiger partial charge on any atom is -0.341 e. The van der Waals surface area contributed by atoms with Gasteiger partial charge in [-0.15, -0.1) is 0 Å². The van der Waals surface area contributed by atoms with E-state index >= 15 is 0 Å². The first-order valence-electron chi connectivity index (χ1n) is 6.63. The molecule has 0 bridgehead atoms. The van der Waals surface area contributed by atoms with Crippen molar-refractivity contribution in [3.05, 3.63) is 0 Å². The fraction of sp³-hybridized carbons (Fsp3) is 0.923. The van der Waals surface area contributed by atoms with E-state index < -0.39 is 0 Å². The number of carbonyl (C=O) groups is 1. The number of carbonyl (C=O) groups excluding carboxylic acids is 1. The minimum atomic E-state index is 0.342. The molecule has 2 aliphatic rings. The first kappa shape index (κ1) is 11.9. The van der Waals surface area contributed by atoms with Gasteiger partial charge in [-0.05, 0) is 33.4 Å². The molecular weight excluding hydrogens is 200 g/mol. The van der Waals surface area contributed by atoms with Crippen LogP contribution in [-0.2, 0) is 4.79 Å². The molecule has 1 aliphatic heterocycles. The summed E-state index contributed by atoms with van der Waals surface area (Å²) in [7, 11) is 4.22. The fourth-order valence-corrected chi connectivity index (χ4v) is 2.97. The molecule has 0 radical (unpaired) electrons. The van der Waals surface area contributed by atoms with Crippen LogP contribution in [0.2, 0.25) is 0 Å². The highest BCUT2D eigenvalue weighted by molar-refractivity contribution is 5.79. The van der Waals surface area contributed by atoms with E-state index in [1.165, 1.54) is 19.3 Å². The molecule has 0 N–H and O–H groups in total. The SMILES string of the molecule is CN(C)C1CCN(C(=O)C2CCCCC2)C1. The number of nitrogens with zero attached hydrogens (tertiary/aromatic N) is 2. The van der Waals surface area contributed by atoms with E-state index in [0.29, 0.717) is 17.9 Å². The Balaban J connectivity index is 1.86. The van der Waals surface area contributed by atoms with E-state index in [4.69, 9.17) is 0 Å². The monoisotopic (exact) mass is 224 g/mol. The van der Waals surface area contributed by atoms with Crippen LogP contribution >= 0.6 is 0 Å². The van der Waals surface area contributed by atoms with Gasteiger partial charge >= 0.3 is 0 Å². The molecule has 16 heavy (non-hydrogen) atoms. The molecule has 1 atom stereocenters. The Kier molecular flexibility index (Phi) is 3.85. The maximum atomic E-state index is 12.3. The van der Waals surface area contributed by atoms with E-state index in [2.05, 4.69) is 23.9 Å². The second-order valence-electron chi connectivity index (χ2n) is 5.53. The third-order valence-electron chi connectivity index (χ3n) is 4.16. The van der Waals surface area contributed by atoms with Crippen molar-refractivity contribution in [3.8, 4) is 0 Å². The summed E-state index contributed by atoms with van der Waals surface area (Å²) in [6.07, 6.45) is 7.22. The normalized spacial score (nSPS) is 27.7. The Morgan fingerprint density at radius 3 is 2.38 bits per heavy atom. The van der Waals surface area contributed by atoms with E-state index in [1.807, 2.05) is 0 Å². The molecule has 3 nitrogen and oxygen atoms in total. The number of likely N-dealkylation sites (tertiary alicyclic amines) is 1. The summed E-state index contributed by atoms with van der Waals surface area (Å²) >= 11 is 0. The standard InChI is InChI=1S/C13H24N2O/c1-14(2)12-8-9-15(10-12)13(16)11-6-4-3-5-7-11/h11-12H,3-10H2,1-2H3. The van der Waals surface area contributed by atoms with Gasteiger partial charge in [-0.1, -0.05) is 19.3 Å². The molecule has 92 valence electrons. The first-order valence-corrected chi connectivity index (χ1v) is 6.63. The second-order valence-corrected chi connectivity index (χ2v) is 5.53. The van der Waals surface area contributed by atoms with Crippen LogP contribution in [0.5, 0.6) is 0 Å². The van der Waals surface area contributed by atoms with Gasteiger partial charge in [0.25, 0.3) is 0 Å². The molecule has 2 fully saturated rings. The van der Waals surface area contributed by atoms with Gasteiger partial charge in [0.05, 0.1) is 0 Å². The molecule has 1 saturated heterocycles. The highest BCUT2D eigenvalue weighted by Gasteiger charge is 2.31. The molecule has 2 rings (SSSR count). The van der Waals surface area contributed by atoms with Crippen molar-refractivity contribution in [1.29, 1.82) is 0 Å². The summed E-state index contributed by atoms with van der Waals surface area (Å²) in [6.45, 7) is 1.92. The van der Waals surface area contributed by atoms with Gasteiger partial charge in [0.1, 0.15) is 0 Å². The summed E-state index contributed by atoms with van der Waals surface area (Å²) in [5.41, 5.74) is 0. The summed E-state index contributed by atoms with van der Waals surface area (Å²) in [5, 5.41) is 0. The molecule has 1 unspecified atom stereocenters. The van der Waals surface area contributed by atoms with Crippen LogP contribution in [0, 0.1) is 5.92 Å². The Hall–Kier alpha value is -0.570. The molecule has 1 amide bonds. The molecule has 0 aromatic carbocycles. The molecule has 1 aliphatic carbocycles. The van der Waals surface area contributed by atoms with E-state index in [-0.39, 0.29) is 0 Å². The lowest BCUT2D eigenvalue weighted by Crippen LogP contribution is -2.38. The van der Waals surface area contributed by atoms with Gasteiger partial charge in [-0.25, -0.2) is 0 Å². The van der Waals surface area contributed by atoms with Gasteiger partial charge in [0.15, 0.2) is 0 Å². The summed E-state index contributed by atoms with van der Waals surface area (Å²) in [5.74, 6) is 0.777. The highest BCUT2D eigenvalue weighted by Crippen LogP contribution is 2.27. The van der Waals surface area contributed by atoms with Crippen LogP contribution in [0.4, 0.5) is 0 Å². The summed E-state index contributed by atoms with van der Waals surface area (Å²) < 4.78 is 0. The van der Waals surface area contributed by atoms with Crippen molar-refractivity contribution in [1.82, 2.24) is 9.80 Å². The zero-order chi connectivity index (χ0) is 11.5. The van der Waals surface area contributed by atoms with Crippen LogP contribution in [0.25, 0.3) is 0 Å². The lowest BCUT2D eigenvalue weighted by atomic mass is 9.88. The van der Waals surface area contributed by atoms with Crippen LogP contribution in [0.1, 0.15) is 38.5 Å². The average molecular weight is 224 g/mol. The topological polar surface area (TPSA) is 23.6 Å². The molecule has 1 heterocycles. The van der Waals surface area contributed by atoms with Gasteiger partial charge < -0.3 is 9.80 Å². The van der Waals surface area contributed by atoms with Crippen LogP contribution in [-0.4, -0.2) is 48.9 Å². The van der Waals surface area contributed by atoms with Gasteiger partial charge in [0.2, 0.25) is 5.91 Å². The van der Waals surface area contributed by atoms with Crippen molar-refractivity contribution in [2.24, 2.45) is 5.92 Å². The number of rotatable bonds is 2. The third-order valence-corrected chi connectivity index (χ3v) is 4.16. The molecule has 1 saturated carbocycles. The third kappa shape index (κ3) is 2.57. The predicted molar refractivity (Wildman–Crippen MR) is 65.2 cm³/mol. The van der Waals surface area contributed by atoms with Crippen molar-refractivity contribution < 1.29 is 4.79 Å². The van der Waals surface area contributed by atoms with E-state index in [9.17, 15) is 4.79 Å². The Morgan fingerprint density at radius 2 is 1.81 bits per heavy atom. The number of likely N-dealkylation sites (N-methyl/N-ethyl adjacent to an activating group) is 1. The number of hydrogen-bond acceptors (Lipinski definition) is 2. The molecule has 0 aromatic rings. The number of amides is 1. The Morgan fingerprint density at radius 1 is 1.12 bits per heavy atom. The Labute approximate surface area is 98.8 Å². The van der Waals surface area contributed by atoms with Crippen LogP contribution in [0.15, 0.2) is 0 Å². The van der Waals surface area contributed by atoms with E-state index in [1.54, 1.807) is 0 Å². The van der Waals surface area contributed by atoms with Crippen molar-refractivity contribution >= 4 is 5.91 Å². The number of hydrogen-bond donors (Lipinski definition) is 0. The lowest BCUT2D eigenvalue weighted by Gasteiger charge is -2.27. The van der Waals surface area contributed by atoms with Crippen molar-refractivity contribution in [3.63, 3.8) is 0 Å². The van der Waals surface area contributed by atoms with Crippen LogP contribution in [0.3, 0.4) is 0 Å². The highest BCUT2D eigenvalue weighted by atomic mass is 16.2. The summed E-state index contributed by atoms with van der Waals surface area (Å²) in [6, 6.07) is 0.576. The molecule has 3 heteroatoms. The van der Waals surface area contributed by atoms with Gasteiger partial charge in [-0.3, -0.25) is 4.79 Å². The smallest absolute Gasteiger partial charge is 0.225 e. The van der Waals surface area contributed by atoms with Crippen molar-refractivity contribution in [2.45, 2.75) is 44.6 Å². The van der Waals surface area contributed by atoms with E-state index in [0.717, 1.165) is 32.4 Å². The fourth-order valence-electron chi connectivity index (χ4n) is 2.97. The zero-order valence-corrected chi connectivity index (χ0v) is 10.6. The largest absolute Gasteiger partial charge is 0.341 e. The second kappa shape index (κ2) is 5.17.